The molecular formula is C25H24N4O5. The van der Waals surface area contributed by atoms with Crippen molar-refractivity contribution in [3.8, 4) is 29.1 Å². The van der Waals surface area contributed by atoms with Gasteiger partial charge in [0.05, 0.1) is 39.4 Å². The largest absolute Gasteiger partial charge is 0.496 e. The zero-order valence-electron chi connectivity index (χ0n) is 19.3. The summed E-state index contributed by atoms with van der Waals surface area (Å²) in [6.07, 6.45) is 3.34. The van der Waals surface area contributed by atoms with E-state index < -0.39 is 5.92 Å². The van der Waals surface area contributed by atoms with Crippen LogP contribution in [0.15, 0.2) is 59.0 Å². The topological polar surface area (TPSA) is 122 Å². The van der Waals surface area contributed by atoms with Gasteiger partial charge in [-0.2, -0.15) is 5.26 Å². The summed E-state index contributed by atoms with van der Waals surface area (Å²) in [5, 5.41) is 9.98. The molecule has 1 aliphatic heterocycles. The second-order valence-electron chi connectivity index (χ2n) is 7.68. The average molecular weight is 460 g/mol. The lowest BCUT2D eigenvalue weighted by molar-refractivity contribution is 0.346. The highest BCUT2D eigenvalue weighted by atomic mass is 16.5. The maximum atomic E-state index is 13.9. The van der Waals surface area contributed by atoms with E-state index in [0.717, 1.165) is 5.56 Å². The molecule has 0 aliphatic carbocycles. The maximum Gasteiger partial charge on any atom is 0.259 e. The Morgan fingerprint density at radius 2 is 1.74 bits per heavy atom. The number of ether oxygens (including phenoxy) is 4. The molecule has 0 radical (unpaired) electrons. The van der Waals surface area contributed by atoms with Gasteiger partial charge in [-0.1, -0.05) is 0 Å². The summed E-state index contributed by atoms with van der Waals surface area (Å²) in [6.45, 7) is 2.15. The summed E-state index contributed by atoms with van der Waals surface area (Å²) in [4.78, 5) is 17.9. The number of hydrogen-bond donors (Lipinski definition) is 1. The third-order valence-corrected chi connectivity index (χ3v) is 5.83. The van der Waals surface area contributed by atoms with Crippen LogP contribution in [0.3, 0.4) is 0 Å². The Balaban J connectivity index is 1.99. The van der Waals surface area contributed by atoms with Gasteiger partial charge in [0.1, 0.15) is 23.1 Å². The van der Waals surface area contributed by atoms with E-state index in [1.165, 1.54) is 21.3 Å². The van der Waals surface area contributed by atoms with Gasteiger partial charge in [-0.25, -0.2) is 0 Å². The van der Waals surface area contributed by atoms with Gasteiger partial charge in [0, 0.05) is 35.8 Å². The van der Waals surface area contributed by atoms with Crippen LogP contribution in [0.1, 0.15) is 28.3 Å². The van der Waals surface area contributed by atoms with Gasteiger partial charge in [0.15, 0.2) is 11.5 Å². The van der Waals surface area contributed by atoms with Gasteiger partial charge >= 0.3 is 0 Å². The van der Waals surface area contributed by atoms with Crippen molar-refractivity contribution in [2.24, 2.45) is 5.73 Å². The number of nitrogens with two attached hydrogens (primary N) is 1. The highest BCUT2D eigenvalue weighted by Gasteiger charge is 2.36. The molecule has 1 aromatic carbocycles. The van der Waals surface area contributed by atoms with Crippen molar-refractivity contribution in [1.82, 2.24) is 9.55 Å². The number of nitrogens with zero attached hydrogens (tertiary/aromatic N) is 3. The van der Waals surface area contributed by atoms with Gasteiger partial charge in [0.25, 0.3) is 5.56 Å². The Kier molecular flexibility index (Phi) is 6.15. The van der Waals surface area contributed by atoms with Crippen molar-refractivity contribution in [3.63, 3.8) is 0 Å². The number of aryl methyl sites for hydroxylation is 1. The molecule has 1 unspecified atom stereocenters. The van der Waals surface area contributed by atoms with Crippen LogP contribution in [0, 0.1) is 18.3 Å². The predicted molar refractivity (Wildman–Crippen MR) is 124 cm³/mol. The fraction of sp³-hybridized carbons (Fsp3) is 0.240. The number of benzene rings is 1. The molecule has 0 fully saturated rings. The highest BCUT2D eigenvalue weighted by Crippen LogP contribution is 2.46. The van der Waals surface area contributed by atoms with Crippen molar-refractivity contribution in [1.29, 1.82) is 5.26 Å². The zero-order valence-corrected chi connectivity index (χ0v) is 19.3. The zero-order chi connectivity index (χ0) is 24.4. The van der Waals surface area contributed by atoms with E-state index >= 15 is 0 Å². The molecule has 3 aromatic rings. The molecule has 1 aliphatic rings. The van der Waals surface area contributed by atoms with Crippen molar-refractivity contribution in [2.75, 3.05) is 21.3 Å². The first-order chi connectivity index (χ1) is 16.4. The molecule has 0 saturated carbocycles. The second-order valence-corrected chi connectivity index (χ2v) is 7.68. The van der Waals surface area contributed by atoms with Crippen LogP contribution in [-0.4, -0.2) is 30.9 Å². The standard InChI is InChI=1S/C25H24N4O5/c1-14-9-21-23(25(30)29(14)13-15-5-7-28-8-6-15)22(17(12-26)24(27)34-21)16-10-19(32-3)20(33-4)11-18(16)31-2/h5-11,22H,13,27H2,1-4H3. The molecule has 0 amide bonds. The lowest BCUT2D eigenvalue weighted by Crippen LogP contribution is -2.33. The molecule has 34 heavy (non-hydrogen) atoms. The number of fused-ring (bicyclic) bond motifs is 1. The van der Waals surface area contributed by atoms with Crippen molar-refractivity contribution in [3.05, 3.63) is 86.9 Å². The number of rotatable bonds is 6. The smallest absolute Gasteiger partial charge is 0.259 e. The molecular weight excluding hydrogens is 436 g/mol. The van der Waals surface area contributed by atoms with Crippen molar-refractivity contribution < 1.29 is 18.9 Å². The third-order valence-electron chi connectivity index (χ3n) is 5.83. The Hall–Kier alpha value is -4.45. The molecule has 0 bridgehead atoms. The maximum absolute atomic E-state index is 13.9. The van der Waals surface area contributed by atoms with Crippen LogP contribution in [0.2, 0.25) is 0 Å². The molecule has 9 heteroatoms. The van der Waals surface area contributed by atoms with Crippen LogP contribution >= 0.6 is 0 Å². The SMILES string of the molecule is COc1cc(OC)c(C2C(C#N)=C(N)Oc3cc(C)n(Cc4ccncc4)c(=O)c32)cc1OC. The summed E-state index contributed by atoms with van der Waals surface area (Å²) < 4.78 is 23.8. The first-order valence-electron chi connectivity index (χ1n) is 10.4. The summed E-state index contributed by atoms with van der Waals surface area (Å²) in [6, 6.07) is 10.9. The van der Waals surface area contributed by atoms with Crippen molar-refractivity contribution in [2.45, 2.75) is 19.4 Å². The Morgan fingerprint density at radius 3 is 2.35 bits per heavy atom. The number of allylic oxidation sites excluding steroid dienone is 1. The van der Waals surface area contributed by atoms with E-state index in [-0.39, 0.29) is 22.6 Å². The normalized spacial score (nSPS) is 14.6. The van der Waals surface area contributed by atoms with Gasteiger partial charge < -0.3 is 29.2 Å². The molecule has 4 rings (SSSR count). The van der Waals surface area contributed by atoms with E-state index in [2.05, 4.69) is 11.1 Å². The number of nitriles is 1. The minimum absolute atomic E-state index is 0.0671. The summed E-state index contributed by atoms with van der Waals surface area (Å²) in [5.74, 6) is 0.683. The van der Waals surface area contributed by atoms with E-state index in [0.29, 0.717) is 40.8 Å². The monoisotopic (exact) mass is 460 g/mol. The number of methoxy groups -OCH3 is 3. The van der Waals surface area contributed by atoms with E-state index in [1.54, 1.807) is 35.2 Å². The first-order valence-corrected chi connectivity index (χ1v) is 10.4. The molecule has 0 spiro atoms. The van der Waals surface area contributed by atoms with E-state index in [4.69, 9.17) is 24.7 Å². The Morgan fingerprint density at radius 1 is 1.09 bits per heavy atom. The quantitative estimate of drug-likeness (QED) is 0.596. The fourth-order valence-electron chi connectivity index (χ4n) is 4.14. The van der Waals surface area contributed by atoms with Crippen molar-refractivity contribution >= 4 is 0 Å². The van der Waals surface area contributed by atoms with Crippen LogP contribution in [-0.2, 0) is 6.54 Å². The van der Waals surface area contributed by atoms with Crippen LogP contribution in [0.5, 0.6) is 23.0 Å². The fourth-order valence-corrected chi connectivity index (χ4v) is 4.14. The lowest BCUT2D eigenvalue weighted by Gasteiger charge is -2.28. The summed E-state index contributed by atoms with van der Waals surface area (Å²) in [7, 11) is 4.52. The van der Waals surface area contributed by atoms with Gasteiger partial charge in [0.2, 0.25) is 5.88 Å². The third kappa shape index (κ3) is 3.79. The van der Waals surface area contributed by atoms with Gasteiger partial charge in [-0.3, -0.25) is 9.78 Å². The molecule has 3 heterocycles. The molecule has 2 N–H and O–H groups in total. The minimum atomic E-state index is -0.833. The van der Waals surface area contributed by atoms with E-state index in [1.807, 2.05) is 19.1 Å². The molecule has 2 aromatic heterocycles. The minimum Gasteiger partial charge on any atom is -0.496 e. The first kappa shape index (κ1) is 22.7. The summed E-state index contributed by atoms with van der Waals surface area (Å²) in [5.41, 5.74) is 8.36. The average Bonchev–Trinajstić information content (AvgIpc) is 2.85. The second kappa shape index (κ2) is 9.19. The number of aromatic nitrogens is 2. The van der Waals surface area contributed by atoms with Crippen LogP contribution < -0.4 is 30.2 Å². The van der Waals surface area contributed by atoms with Crippen LogP contribution in [0.4, 0.5) is 0 Å². The molecule has 1 atom stereocenters. The Bertz CT molecular complexity index is 1370. The number of hydrogen-bond acceptors (Lipinski definition) is 8. The summed E-state index contributed by atoms with van der Waals surface area (Å²) >= 11 is 0. The predicted octanol–water partition coefficient (Wildman–Crippen LogP) is 2.84. The molecule has 0 saturated heterocycles. The van der Waals surface area contributed by atoms with Gasteiger partial charge in [-0.05, 0) is 30.7 Å². The lowest BCUT2D eigenvalue weighted by atomic mass is 9.83. The van der Waals surface area contributed by atoms with Gasteiger partial charge in [-0.15, -0.1) is 0 Å². The van der Waals surface area contributed by atoms with Crippen LogP contribution in [0.25, 0.3) is 0 Å². The Labute approximate surface area is 196 Å². The highest BCUT2D eigenvalue weighted by molar-refractivity contribution is 5.61. The molecule has 9 nitrogen and oxygen atoms in total. The number of pyridine rings is 2. The molecule has 174 valence electrons. The van der Waals surface area contributed by atoms with E-state index in [9.17, 15) is 10.1 Å².